The second-order valence-electron chi connectivity index (χ2n) is 6.92. The molecule has 0 fully saturated rings. The third-order valence-corrected chi connectivity index (χ3v) is 6.04. The Balaban J connectivity index is 1.80. The van der Waals surface area contributed by atoms with E-state index in [9.17, 15) is 14.7 Å². The third kappa shape index (κ3) is 4.71. The second kappa shape index (κ2) is 9.28. The van der Waals surface area contributed by atoms with Crippen LogP contribution in [-0.2, 0) is 22.4 Å². The van der Waals surface area contributed by atoms with Crippen molar-refractivity contribution in [1.29, 1.82) is 0 Å². The van der Waals surface area contributed by atoms with Crippen molar-refractivity contribution in [3.05, 3.63) is 45.0 Å². The summed E-state index contributed by atoms with van der Waals surface area (Å²) in [5, 5.41) is 11.3. The highest BCUT2D eigenvalue weighted by Gasteiger charge is 2.29. The Bertz CT molecular complexity index is 934. The van der Waals surface area contributed by atoms with Crippen LogP contribution in [0.5, 0.6) is 0 Å². The smallest absolute Gasteiger partial charge is 0.204 e. The van der Waals surface area contributed by atoms with Gasteiger partial charge in [-0.2, -0.15) is 0 Å². The number of rotatable bonds is 8. The van der Waals surface area contributed by atoms with Crippen LogP contribution in [0.2, 0.25) is 0 Å². The van der Waals surface area contributed by atoms with Crippen molar-refractivity contribution in [2.45, 2.75) is 32.6 Å². The lowest BCUT2D eigenvalue weighted by Crippen LogP contribution is -2.17. The second-order valence-corrected chi connectivity index (χ2v) is 8.00. The summed E-state index contributed by atoms with van der Waals surface area (Å²) in [5.74, 6) is 0.584. The predicted octanol–water partition coefficient (Wildman–Crippen LogP) is 3.24. The van der Waals surface area contributed by atoms with Crippen LogP contribution in [0.15, 0.2) is 23.9 Å². The fourth-order valence-electron chi connectivity index (χ4n) is 3.10. The van der Waals surface area contributed by atoms with Crippen LogP contribution in [0, 0.1) is 0 Å². The molecule has 0 atom stereocenters. The quantitative estimate of drug-likeness (QED) is 0.523. The SMILES string of the molecule is CCN(C)c1ccc(C(O)=C2CCc3nc(CC(=O)CCOC)sc3C2=O)cn1. The summed E-state index contributed by atoms with van der Waals surface area (Å²) in [6.45, 7) is 3.23. The number of hydrogen-bond donors (Lipinski definition) is 1. The summed E-state index contributed by atoms with van der Waals surface area (Å²) in [6.07, 6.45) is 3.09. The van der Waals surface area contributed by atoms with Crippen LogP contribution in [-0.4, -0.2) is 54.0 Å². The number of pyridine rings is 1. The summed E-state index contributed by atoms with van der Waals surface area (Å²) >= 11 is 1.24. The number of allylic oxidation sites excluding steroid dienone is 1. The molecule has 0 saturated heterocycles. The van der Waals surface area contributed by atoms with Crippen molar-refractivity contribution in [2.75, 3.05) is 32.2 Å². The molecular formula is C21H25N3O4S. The summed E-state index contributed by atoms with van der Waals surface area (Å²) in [5.41, 5.74) is 1.60. The average Bonchev–Trinajstić information content (AvgIpc) is 3.15. The maximum absolute atomic E-state index is 12.9. The molecule has 1 aliphatic carbocycles. The largest absolute Gasteiger partial charge is 0.507 e. The Hall–Kier alpha value is -2.58. The van der Waals surface area contributed by atoms with Crippen LogP contribution in [0.3, 0.4) is 0 Å². The standard InChI is InChI=1S/C21H25N3O4S/c1-4-24(2)17-8-5-13(12-22-17)19(26)15-6-7-16-21(20(15)27)29-18(23-16)11-14(25)9-10-28-3/h5,8,12,26H,4,6-7,9-11H2,1-3H3. The van der Waals surface area contributed by atoms with E-state index in [-0.39, 0.29) is 23.7 Å². The van der Waals surface area contributed by atoms with Gasteiger partial charge in [0.1, 0.15) is 22.4 Å². The molecule has 29 heavy (non-hydrogen) atoms. The fourth-order valence-corrected chi connectivity index (χ4v) is 4.21. The van der Waals surface area contributed by atoms with E-state index in [0.29, 0.717) is 52.6 Å². The first-order chi connectivity index (χ1) is 13.9. The van der Waals surface area contributed by atoms with Crippen molar-refractivity contribution in [2.24, 2.45) is 0 Å². The lowest BCUT2D eigenvalue weighted by molar-refractivity contribution is -0.119. The minimum absolute atomic E-state index is 0.0345. The number of carbonyl (C=O) groups is 2. The number of aromatic nitrogens is 2. The van der Waals surface area contributed by atoms with E-state index in [0.717, 1.165) is 12.4 Å². The van der Waals surface area contributed by atoms with Gasteiger partial charge in [-0.1, -0.05) is 0 Å². The van der Waals surface area contributed by atoms with Gasteiger partial charge in [-0.15, -0.1) is 11.3 Å². The van der Waals surface area contributed by atoms with E-state index in [1.54, 1.807) is 19.4 Å². The number of anilines is 1. The molecule has 154 valence electrons. The topological polar surface area (TPSA) is 92.6 Å². The van der Waals surface area contributed by atoms with E-state index < -0.39 is 0 Å². The fraction of sp³-hybridized carbons (Fsp3) is 0.429. The zero-order chi connectivity index (χ0) is 21.0. The highest BCUT2D eigenvalue weighted by Crippen LogP contribution is 2.33. The summed E-state index contributed by atoms with van der Waals surface area (Å²) in [7, 11) is 3.49. The number of aliphatic hydroxyl groups excluding tert-OH is 1. The van der Waals surface area contributed by atoms with Crippen molar-refractivity contribution >= 4 is 34.5 Å². The Morgan fingerprint density at radius 3 is 2.79 bits per heavy atom. The van der Waals surface area contributed by atoms with E-state index in [4.69, 9.17) is 4.74 Å². The van der Waals surface area contributed by atoms with Crippen LogP contribution in [0.1, 0.15) is 45.7 Å². The van der Waals surface area contributed by atoms with Gasteiger partial charge in [0.2, 0.25) is 5.78 Å². The number of aryl methyl sites for hydroxylation is 1. The van der Waals surface area contributed by atoms with Crippen LogP contribution in [0.25, 0.3) is 5.76 Å². The normalized spacial score (nSPS) is 15.2. The molecule has 0 unspecified atom stereocenters. The first kappa shape index (κ1) is 21.1. The molecule has 0 aromatic carbocycles. The Labute approximate surface area is 174 Å². The molecule has 7 nitrogen and oxygen atoms in total. The first-order valence-electron chi connectivity index (χ1n) is 9.58. The Morgan fingerprint density at radius 2 is 2.14 bits per heavy atom. The number of methoxy groups -OCH3 is 1. The van der Waals surface area contributed by atoms with Crippen molar-refractivity contribution in [3.63, 3.8) is 0 Å². The molecule has 0 bridgehead atoms. The van der Waals surface area contributed by atoms with Crippen molar-refractivity contribution < 1.29 is 19.4 Å². The minimum atomic E-state index is -0.216. The molecule has 3 rings (SSSR count). The molecule has 1 aliphatic rings. The maximum atomic E-state index is 12.9. The molecule has 2 heterocycles. The van der Waals surface area contributed by atoms with Gasteiger partial charge in [0.05, 0.1) is 23.6 Å². The molecule has 1 N–H and O–H groups in total. The highest BCUT2D eigenvalue weighted by atomic mass is 32.1. The molecule has 0 amide bonds. The van der Waals surface area contributed by atoms with Gasteiger partial charge in [0.15, 0.2) is 0 Å². The van der Waals surface area contributed by atoms with Gasteiger partial charge in [-0.05, 0) is 31.9 Å². The van der Waals surface area contributed by atoms with Crippen LogP contribution < -0.4 is 4.90 Å². The molecule has 8 heteroatoms. The number of thiazole rings is 1. The predicted molar refractivity (Wildman–Crippen MR) is 113 cm³/mol. The van der Waals surface area contributed by atoms with Crippen LogP contribution in [0.4, 0.5) is 5.82 Å². The summed E-state index contributed by atoms with van der Waals surface area (Å²) in [6, 6.07) is 3.59. The van der Waals surface area contributed by atoms with E-state index in [1.807, 2.05) is 24.9 Å². The molecule has 0 spiro atoms. The number of carbonyl (C=O) groups excluding carboxylic acids is 2. The zero-order valence-electron chi connectivity index (χ0n) is 16.9. The van der Waals surface area contributed by atoms with E-state index in [2.05, 4.69) is 9.97 Å². The lowest BCUT2D eigenvalue weighted by atomic mass is 9.93. The number of hydrogen-bond acceptors (Lipinski definition) is 8. The van der Waals surface area contributed by atoms with E-state index in [1.165, 1.54) is 11.3 Å². The Kier molecular flexibility index (Phi) is 6.76. The molecule has 2 aromatic rings. The van der Waals surface area contributed by atoms with Crippen molar-refractivity contribution in [1.82, 2.24) is 9.97 Å². The number of aliphatic hydroxyl groups is 1. The molecule has 2 aromatic heterocycles. The monoisotopic (exact) mass is 415 g/mol. The van der Waals surface area contributed by atoms with Gasteiger partial charge < -0.3 is 14.7 Å². The molecule has 0 radical (unpaired) electrons. The summed E-state index contributed by atoms with van der Waals surface area (Å²) in [4.78, 5) is 36.2. The number of Topliss-reactive ketones (excluding diaryl/α,β-unsaturated/α-hetero) is 2. The van der Waals surface area contributed by atoms with Gasteiger partial charge in [0.25, 0.3) is 0 Å². The average molecular weight is 416 g/mol. The Morgan fingerprint density at radius 1 is 1.34 bits per heavy atom. The van der Waals surface area contributed by atoms with Gasteiger partial charge in [-0.25, -0.2) is 9.97 Å². The molecular weight excluding hydrogens is 390 g/mol. The maximum Gasteiger partial charge on any atom is 0.204 e. The summed E-state index contributed by atoms with van der Waals surface area (Å²) < 4.78 is 4.92. The minimum Gasteiger partial charge on any atom is -0.507 e. The number of ketones is 2. The number of ether oxygens (including phenoxy) is 1. The van der Waals surface area contributed by atoms with Gasteiger partial charge >= 0.3 is 0 Å². The van der Waals surface area contributed by atoms with Crippen LogP contribution >= 0.6 is 11.3 Å². The highest BCUT2D eigenvalue weighted by molar-refractivity contribution is 7.14. The third-order valence-electron chi connectivity index (χ3n) is 4.94. The zero-order valence-corrected chi connectivity index (χ0v) is 17.7. The van der Waals surface area contributed by atoms with Crippen molar-refractivity contribution in [3.8, 4) is 0 Å². The van der Waals surface area contributed by atoms with Gasteiger partial charge in [-0.3, -0.25) is 9.59 Å². The molecule has 0 aliphatic heterocycles. The lowest BCUT2D eigenvalue weighted by Gasteiger charge is -2.17. The number of fused-ring (bicyclic) bond motifs is 1. The van der Waals surface area contributed by atoms with Gasteiger partial charge in [0, 0.05) is 44.5 Å². The van der Waals surface area contributed by atoms with E-state index >= 15 is 0 Å². The number of nitrogens with zero attached hydrogens (tertiary/aromatic N) is 3. The first-order valence-corrected chi connectivity index (χ1v) is 10.4. The molecule has 0 saturated carbocycles.